The van der Waals surface area contributed by atoms with Crippen LogP contribution < -0.4 is 5.32 Å². The van der Waals surface area contributed by atoms with Gasteiger partial charge in [0.1, 0.15) is 0 Å². The van der Waals surface area contributed by atoms with E-state index in [1.54, 1.807) is 0 Å². The topological polar surface area (TPSA) is 95.9 Å². The molecule has 1 amide bonds. The number of hydrogen-bond acceptors (Lipinski definition) is 5. The molecule has 0 saturated heterocycles. The van der Waals surface area contributed by atoms with Gasteiger partial charge in [0.2, 0.25) is 5.91 Å². The molecule has 0 aliphatic heterocycles. The van der Waals surface area contributed by atoms with E-state index in [1.807, 2.05) is 0 Å². The first-order chi connectivity index (χ1) is 35.0. The van der Waals surface area contributed by atoms with Crippen molar-refractivity contribution >= 4 is 11.9 Å². The monoisotopic (exact) mass is 1000 g/mol. The largest absolute Gasteiger partial charge is 0.466 e. The summed E-state index contributed by atoms with van der Waals surface area (Å²) < 4.78 is 5.48. The number of esters is 1. The summed E-state index contributed by atoms with van der Waals surface area (Å²) >= 11 is 0. The van der Waals surface area contributed by atoms with E-state index >= 15 is 0 Å². The molecule has 0 aromatic heterocycles. The average Bonchev–Trinajstić information content (AvgIpc) is 3.37. The predicted molar refractivity (Wildman–Crippen MR) is 310 cm³/mol. The van der Waals surface area contributed by atoms with Crippen LogP contribution in [0.15, 0.2) is 24.3 Å². The molecular formula is C65H125NO5. The van der Waals surface area contributed by atoms with E-state index in [1.165, 1.54) is 276 Å². The Labute approximate surface area is 443 Å². The molecule has 0 spiro atoms. The van der Waals surface area contributed by atoms with Crippen molar-refractivity contribution in [1.29, 1.82) is 0 Å². The van der Waals surface area contributed by atoms with Gasteiger partial charge in [0.05, 0.1) is 25.4 Å². The van der Waals surface area contributed by atoms with Gasteiger partial charge in [-0.05, 0) is 77.0 Å². The maximum absolute atomic E-state index is 12.5. The molecule has 0 heterocycles. The molecule has 2 unspecified atom stereocenters. The van der Waals surface area contributed by atoms with Gasteiger partial charge in [-0.15, -0.1) is 0 Å². The van der Waals surface area contributed by atoms with Crippen LogP contribution in [0.2, 0.25) is 0 Å². The van der Waals surface area contributed by atoms with Crippen LogP contribution >= 0.6 is 0 Å². The number of aliphatic hydroxyl groups is 2. The van der Waals surface area contributed by atoms with Gasteiger partial charge in [0.15, 0.2) is 0 Å². The summed E-state index contributed by atoms with van der Waals surface area (Å²) in [6.07, 6.45) is 74.8. The van der Waals surface area contributed by atoms with Crippen LogP contribution in [0.5, 0.6) is 0 Å². The van der Waals surface area contributed by atoms with Gasteiger partial charge in [-0.3, -0.25) is 9.59 Å². The van der Waals surface area contributed by atoms with Crippen LogP contribution in [0.4, 0.5) is 0 Å². The van der Waals surface area contributed by atoms with E-state index in [2.05, 4.69) is 43.5 Å². The first-order valence-corrected chi connectivity index (χ1v) is 32.1. The molecule has 0 rings (SSSR count). The molecule has 0 aliphatic rings. The van der Waals surface area contributed by atoms with Crippen molar-refractivity contribution in [3.63, 3.8) is 0 Å². The molecule has 0 aromatic carbocycles. The van der Waals surface area contributed by atoms with Crippen LogP contribution in [0.1, 0.15) is 354 Å². The third-order valence-corrected chi connectivity index (χ3v) is 15.0. The fourth-order valence-corrected chi connectivity index (χ4v) is 10.0. The van der Waals surface area contributed by atoms with Gasteiger partial charge in [-0.1, -0.05) is 289 Å². The Morgan fingerprint density at radius 1 is 0.380 bits per heavy atom. The highest BCUT2D eigenvalue weighted by molar-refractivity contribution is 5.76. The Morgan fingerprint density at radius 2 is 0.662 bits per heavy atom. The number of amides is 1. The molecule has 0 aliphatic carbocycles. The summed E-state index contributed by atoms with van der Waals surface area (Å²) in [6, 6.07) is -0.542. The van der Waals surface area contributed by atoms with Gasteiger partial charge >= 0.3 is 5.97 Å². The molecule has 0 saturated carbocycles. The highest BCUT2D eigenvalue weighted by Crippen LogP contribution is 2.18. The number of allylic oxidation sites excluding steroid dienone is 4. The van der Waals surface area contributed by atoms with E-state index in [0.29, 0.717) is 25.9 Å². The molecule has 6 nitrogen and oxygen atoms in total. The summed E-state index contributed by atoms with van der Waals surface area (Å²) in [6.45, 7) is 4.96. The minimum atomic E-state index is -0.664. The number of carbonyl (C=O) groups excluding carboxylic acids is 2. The summed E-state index contributed by atoms with van der Waals surface area (Å²) in [7, 11) is 0. The van der Waals surface area contributed by atoms with Gasteiger partial charge < -0.3 is 20.3 Å². The van der Waals surface area contributed by atoms with Crippen molar-refractivity contribution in [2.24, 2.45) is 0 Å². The number of aliphatic hydroxyl groups excluding tert-OH is 2. The molecule has 0 aromatic rings. The van der Waals surface area contributed by atoms with Crippen LogP contribution in [0.25, 0.3) is 0 Å². The molecule has 6 heteroatoms. The van der Waals surface area contributed by atoms with Gasteiger partial charge in [-0.2, -0.15) is 0 Å². The lowest BCUT2D eigenvalue weighted by molar-refractivity contribution is -0.143. The molecule has 0 bridgehead atoms. The molecule has 3 N–H and O–H groups in total. The number of unbranched alkanes of at least 4 members (excludes halogenated alkanes) is 45. The normalized spacial score (nSPS) is 12.7. The lowest BCUT2D eigenvalue weighted by atomic mass is 10.0. The van der Waals surface area contributed by atoms with E-state index in [0.717, 1.165) is 44.9 Å². The van der Waals surface area contributed by atoms with E-state index in [4.69, 9.17) is 4.74 Å². The Morgan fingerprint density at radius 3 is 1.00 bits per heavy atom. The van der Waals surface area contributed by atoms with Crippen molar-refractivity contribution in [1.82, 2.24) is 5.32 Å². The average molecular weight is 1000 g/mol. The predicted octanol–water partition coefficient (Wildman–Crippen LogP) is 20.2. The maximum Gasteiger partial charge on any atom is 0.305 e. The second-order valence-corrected chi connectivity index (χ2v) is 22.1. The van der Waals surface area contributed by atoms with Crippen LogP contribution in [0.3, 0.4) is 0 Å². The van der Waals surface area contributed by atoms with Crippen LogP contribution in [-0.4, -0.2) is 47.4 Å². The standard InChI is InChI=1S/C65H125NO5/c1-3-5-7-9-11-13-15-17-30-35-39-43-47-51-55-59-65(70)71-60-56-52-48-44-40-36-32-29-27-25-23-21-19-18-20-22-24-26-28-31-34-38-42-46-50-54-58-64(69)66-62(61-67)63(68)57-53-49-45-41-37-33-16-14-12-10-8-6-4-2/h17-18,20,30,62-63,67-68H,3-16,19,21-29,31-61H2,1-2H3,(H,66,69)/b20-18-,30-17-. The highest BCUT2D eigenvalue weighted by atomic mass is 16.5. The zero-order valence-corrected chi connectivity index (χ0v) is 48.0. The summed E-state index contributed by atoms with van der Waals surface area (Å²) in [5, 5.41) is 23.3. The van der Waals surface area contributed by atoms with Crippen molar-refractivity contribution in [3.05, 3.63) is 24.3 Å². The lowest BCUT2D eigenvalue weighted by Crippen LogP contribution is -2.45. The number of rotatable bonds is 60. The fourth-order valence-electron chi connectivity index (χ4n) is 10.0. The van der Waals surface area contributed by atoms with Crippen LogP contribution in [-0.2, 0) is 14.3 Å². The number of hydrogen-bond donors (Lipinski definition) is 3. The molecule has 0 radical (unpaired) electrons. The van der Waals surface area contributed by atoms with Crippen LogP contribution in [0, 0.1) is 0 Å². The molecule has 0 fully saturated rings. The van der Waals surface area contributed by atoms with Gasteiger partial charge in [0, 0.05) is 12.8 Å². The second-order valence-electron chi connectivity index (χ2n) is 22.1. The SMILES string of the molecule is CCCCCCCC/C=C\CCCCCCCC(=O)OCCCCCCCCCCCCCC/C=C\CCCCCCCCCCCCC(=O)NC(CO)C(O)CCCCCCCCCCCCCCC. The minimum Gasteiger partial charge on any atom is -0.466 e. The van der Waals surface area contributed by atoms with Gasteiger partial charge in [0.25, 0.3) is 0 Å². The number of nitrogens with one attached hydrogen (secondary N) is 1. The molecule has 71 heavy (non-hydrogen) atoms. The Balaban J connectivity index is 3.37. The first-order valence-electron chi connectivity index (χ1n) is 32.1. The van der Waals surface area contributed by atoms with Gasteiger partial charge in [-0.25, -0.2) is 0 Å². The van der Waals surface area contributed by atoms with Crippen molar-refractivity contribution in [2.75, 3.05) is 13.2 Å². The van der Waals surface area contributed by atoms with E-state index in [-0.39, 0.29) is 18.5 Å². The summed E-state index contributed by atoms with van der Waals surface area (Å²) in [4.78, 5) is 24.5. The summed E-state index contributed by atoms with van der Waals surface area (Å²) in [5.74, 6) is -0.0289. The summed E-state index contributed by atoms with van der Waals surface area (Å²) in [5.41, 5.74) is 0. The van der Waals surface area contributed by atoms with Crippen molar-refractivity contribution in [2.45, 2.75) is 366 Å². The van der Waals surface area contributed by atoms with Crippen molar-refractivity contribution in [3.8, 4) is 0 Å². The van der Waals surface area contributed by atoms with Crippen molar-refractivity contribution < 1.29 is 24.5 Å². The highest BCUT2D eigenvalue weighted by Gasteiger charge is 2.20. The third kappa shape index (κ3) is 57.5. The number of ether oxygens (including phenoxy) is 1. The third-order valence-electron chi connectivity index (χ3n) is 15.0. The minimum absolute atomic E-state index is 0.00675. The quantitative estimate of drug-likeness (QED) is 0.0320. The molecular weight excluding hydrogens is 875 g/mol. The smallest absolute Gasteiger partial charge is 0.305 e. The Kier molecular flexibility index (Phi) is 59.5. The molecule has 420 valence electrons. The zero-order chi connectivity index (χ0) is 51.4. The Bertz CT molecular complexity index is 1110. The Hall–Kier alpha value is -1.66. The fraction of sp³-hybridized carbons (Fsp3) is 0.908. The van der Waals surface area contributed by atoms with E-state index in [9.17, 15) is 19.8 Å². The maximum atomic E-state index is 12.5. The number of carbonyl (C=O) groups is 2. The first kappa shape index (κ1) is 69.3. The molecule has 2 atom stereocenters. The van der Waals surface area contributed by atoms with E-state index < -0.39 is 12.1 Å². The zero-order valence-electron chi connectivity index (χ0n) is 48.0. The second kappa shape index (κ2) is 60.9. The lowest BCUT2D eigenvalue weighted by Gasteiger charge is -2.22.